The summed E-state index contributed by atoms with van der Waals surface area (Å²) < 4.78 is 47.9. The van der Waals surface area contributed by atoms with Gasteiger partial charge in [0.25, 0.3) is 0 Å². The van der Waals surface area contributed by atoms with E-state index < -0.39 is 36.7 Å². The molecule has 3 atom stereocenters. The van der Waals surface area contributed by atoms with Gasteiger partial charge in [-0.2, -0.15) is 4.98 Å². The first-order valence-electron chi connectivity index (χ1n) is 5.76. The van der Waals surface area contributed by atoms with Gasteiger partial charge in [-0.1, -0.05) is 22.6 Å². The molecule has 21 heavy (non-hydrogen) atoms. The van der Waals surface area contributed by atoms with E-state index in [2.05, 4.69) is 4.98 Å². The molecule has 10 heteroatoms. The fraction of sp³-hybridized carbons (Fsp3) is 0.455. The van der Waals surface area contributed by atoms with E-state index in [1.165, 1.54) is 6.08 Å². The SMILES string of the molecule is Nc1nc(=O)n(C2OC(CO)C(F)(F)C2F)cc1C=CI. The second kappa shape index (κ2) is 5.93. The number of aliphatic hydroxyl groups is 1. The summed E-state index contributed by atoms with van der Waals surface area (Å²) >= 11 is 1.89. The zero-order valence-corrected chi connectivity index (χ0v) is 12.6. The first kappa shape index (κ1) is 16.2. The third-order valence-corrected chi connectivity index (χ3v) is 3.40. The quantitative estimate of drug-likeness (QED) is 0.720. The van der Waals surface area contributed by atoms with Crippen LogP contribution < -0.4 is 11.4 Å². The maximum Gasteiger partial charge on any atom is 0.351 e. The lowest BCUT2D eigenvalue weighted by atomic mass is 10.1. The molecule has 2 heterocycles. The molecule has 0 radical (unpaired) electrons. The molecule has 6 nitrogen and oxygen atoms in total. The van der Waals surface area contributed by atoms with Crippen LogP contribution in [0.4, 0.5) is 19.0 Å². The lowest BCUT2D eigenvalue weighted by Crippen LogP contribution is -2.39. The highest BCUT2D eigenvalue weighted by Crippen LogP contribution is 2.42. The lowest BCUT2D eigenvalue weighted by Gasteiger charge is -2.17. The topological polar surface area (TPSA) is 90.4 Å². The van der Waals surface area contributed by atoms with Crippen molar-refractivity contribution in [3.05, 3.63) is 26.3 Å². The number of hydrogen-bond donors (Lipinski definition) is 2. The number of aromatic nitrogens is 2. The largest absolute Gasteiger partial charge is 0.393 e. The molecule has 1 fully saturated rings. The van der Waals surface area contributed by atoms with E-state index in [-0.39, 0.29) is 11.4 Å². The average molecular weight is 417 g/mol. The molecule has 1 aliphatic rings. The van der Waals surface area contributed by atoms with Crippen LogP contribution in [-0.4, -0.2) is 39.5 Å². The summed E-state index contributed by atoms with van der Waals surface area (Å²) in [5.41, 5.74) is 4.76. The van der Waals surface area contributed by atoms with E-state index >= 15 is 0 Å². The van der Waals surface area contributed by atoms with Crippen LogP contribution in [0.5, 0.6) is 0 Å². The Hall–Kier alpha value is -1.14. The summed E-state index contributed by atoms with van der Waals surface area (Å²) in [7, 11) is 0. The van der Waals surface area contributed by atoms with Crippen LogP contribution in [0.3, 0.4) is 0 Å². The van der Waals surface area contributed by atoms with Crippen LogP contribution in [0.25, 0.3) is 6.08 Å². The Labute approximate surface area is 130 Å². The Morgan fingerprint density at radius 1 is 1.62 bits per heavy atom. The zero-order chi connectivity index (χ0) is 15.8. The second-order valence-electron chi connectivity index (χ2n) is 4.34. The maximum atomic E-state index is 13.9. The lowest BCUT2D eigenvalue weighted by molar-refractivity contribution is -0.111. The fourth-order valence-corrected chi connectivity index (χ4v) is 2.33. The van der Waals surface area contributed by atoms with Gasteiger partial charge in [-0.25, -0.2) is 18.0 Å². The summed E-state index contributed by atoms with van der Waals surface area (Å²) in [6.07, 6.45) is -4.12. The zero-order valence-electron chi connectivity index (χ0n) is 10.4. The highest BCUT2D eigenvalue weighted by Gasteiger charge is 2.60. The molecule has 1 aromatic heterocycles. The molecule has 3 N–H and O–H groups in total. The van der Waals surface area contributed by atoms with Crippen LogP contribution in [0, 0.1) is 0 Å². The Morgan fingerprint density at radius 3 is 2.81 bits per heavy atom. The van der Waals surface area contributed by atoms with Crippen molar-refractivity contribution < 1.29 is 23.0 Å². The molecular weight excluding hydrogens is 406 g/mol. The molecule has 0 aromatic carbocycles. The molecule has 1 aromatic rings. The van der Waals surface area contributed by atoms with Crippen LogP contribution in [-0.2, 0) is 4.74 Å². The Balaban J connectivity index is 2.48. The van der Waals surface area contributed by atoms with Crippen molar-refractivity contribution in [1.82, 2.24) is 9.55 Å². The number of rotatable bonds is 3. The van der Waals surface area contributed by atoms with Crippen molar-refractivity contribution in [3.63, 3.8) is 0 Å². The second-order valence-corrected chi connectivity index (χ2v) is 5.06. The van der Waals surface area contributed by atoms with Gasteiger partial charge in [0.2, 0.25) is 6.17 Å². The van der Waals surface area contributed by atoms with Crippen molar-refractivity contribution in [2.45, 2.75) is 24.4 Å². The van der Waals surface area contributed by atoms with Crippen LogP contribution in [0.1, 0.15) is 11.8 Å². The van der Waals surface area contributed by atoms with Crippen molar-refractivity contribution in [1.29, 1.82) is 0 Å². The molecule has 0 bridgehead atoms. The number of anilines is 1. The van der Waals surface area contributed by atoms with Gasteiger partial charge >= 0.3 is 11.6 Å². The van der Waals surface area contributed by atoms with Crippen molar-refractivity contribution >= 4 is 34.5 Å². The molecule has 0 saturated carbocycles. The molecule has 1 aliphatic heterocycles. The third kappa shape index (κ3) is 2.79. The molecule has 0 spiro atoms. The van der Waals surface area contributed by atoms with Gasteiger partial charge < -0.3 is 15.6 Å². The average Bonchev–Trinajstić information content (AvgIpc) is 2.64. The van der Waals surface area contributed by atoms with Gasteiger partial charge in [0, 0.05) is 11.8 Å². The molecule has 116 valence electrons. The molecule has 0 aliphatic carbocycles. The number of halogens is 4. The summed E-state index contributed by atoms with van der Waals surface area (Å²) in [5, 5.41) is 8.83. The molecule has 1 saturated heterocycles. The molecular formula is C11H11F3IN3O3. The van der Waals surface area contributed by atoms with Crippen LogP contribution in [0.15, 0.2) is 15.1 Å². The maximum absolute atomic E-state index is 13.9. The number of ether oxygens (including phenoxy) is 1. The van der Waals surface area contributed by atoms with E-state index in [1.54, 1.807) is 4.08 Å². The Morgan fingerprint density at radius 2 is 2.29 bits per heavy atom. The van der Waals surface area contributed by atoms with Crippen LogP contribution in [0.2, 0.25) is 0 Å². The van der Waals surface area contributed by atoms with Crippen LogP contribution >= 0.6 is 22.6 Å². The Bertz CT molecular complexity index is 622. The smallest absolute Gasteiger partial charge is 0.351 e. The normalized spacial score (nSPS) is 28.3. The number of nitrogens with two attached hydrogens (primary N) is 1. The summed E-state index contributed by atoms with van der Waals surface area (Å²) in [4.78, 5) is 15.2. The monoisotopic (exact) mass is 417 g/mol. The van der Waals surface area contributed by atoms with E-state index in [0.717, 1.165) is 6.20 Å². The van der Waals surface area contributed by atoms with Crippen molar-refractivity contribution in [3.8, 4) is 0 Å². The minimum absolute atomic E-state index is 0.108. The van der Waals surface area contributed by atoms with Gasteiger partial charge in [-0.3, -0.25) is 4.57 Å². The summed E-state index contributed by atoms with van der Waals surface area (Å²) in [6.45, 7) is -1.07. The van der Waals surface area contributed by atoms with Gasteiger partial charge in [0.05, 0.1) is 6.61 Å². The number of aliphatic hydroxyl groups excluding tert-OH is 1. The molecule has 0 amide bonds. The Kier molecular flexibility index (Phi) is 4.58. The van der Waals surface area contributed by atoms with Gasteiger partial charge in [-0.05, 0) is 10.2 Å². The van der Waals surface area contributed by atoms with Gasteiger partial charge in [-0.15, -0.1) is 0 Å². The first-order valence-corrected chi connectivity index (χ1v) is 7.01. The molecule has 3 unspecified atom stereocenters. The summed E-state index contributed by atoms with van der Waals surface area (Å²) in [5.74, 6) is -4.01. The highest BCUT2D eigenvalue weighted by molar-refractivity contribution is 14.1. The number of nitrogens with zero attached hydrogens (tertiary/aromatic N) is 2. The van der Waals surface area contributed by atoms with E-state index in [9.17, 15) is 18.0 Å². The standard InChI is InChI=1S/C11H11F3IN3O3/c12-7-9(21-6(4-19)11(7,13)14)18-3-5(1-2-15)8(16)17-10(18)20/h1-3,6-7,9,19H,4H2,(H2,16,17,20). The number of nitrogen functional groups attached to an aromatic ring is 1. The highest BCUT2D eigenvalue weighted by atomic mass is 127. The van der Waals surface area contributed by atoms with E-state index in [0.29, 0.717) is 4.57 Å². The van der Waals surface area contributed by atoms with Crippen molar-refractivity contribution in [2.24, 2.45) is 0 Å². The van der Waals surface area contributed by atoms with Gasteiger partial charge in [0.15, 0.2) is 6.23 Å². The number of hydrogen-bond acceptors (Lipinski definition) is 5. The van der Waals surface area contributed by atoms with Gasteiger partial charge in [0.1, 0.15) is 11.9 Å². The van der Waals surface area contributed by atoms with Crippen molar-refractivity contribution in [2.75, 3.05) is 12.3 Å². The molecule has 2 rings (SSSR count). The minimum atomic E-state index is -3.90. The third-order valence-electron chi connectivity index (χ3n) is 3.04. The first-order chi connectivity index (χ1) is 9.82. The number of alkyl halides is 3. The summed E-state index contributed by atoms with van der Waals surface area (Å²) in [6, 6.07) is 0. The predicted octanol–water partition coefficient (Wildman–Crippen LogP) is 1.09. The predicted molar refractivity (Wildman–Crippen MR) is 76.8 cm³/mol. The van der Waals surface area contributed by atoms with E-state index in [1.807, 2.05) is 22.6 Å². The minimum Gasteiger partial charge on any atom is -0.393 e. The fourth-order valence-electron chi connectivity index (χ4n) is 1.94. The van der Waals surface area contributed by atoms with E-state index in [4.69, 9.17) is 15.6 Å².